The molecule has 2 N–H and O–H groups in total. The van der Waals surface area contributed by atoms with Gasteiger partial charge in [-0.2, -0.15) is 13.2 Å². The molecule has 0 fully saturated rings. The lowest BCUT2D eigenvalue weighted by Gasteiger charge is -2.32. The maximum Gasteiger partial charge on any atom is 0.415 e. The number of carboxylic acid groups (broad SMARTS) is 1. The third-order valence-electron chi connectivity index (χ3n) is 2.35. The van der Waals surface area contributed by atoms with E-state index >= 15 is 0 Å². The summed E-state index contributed by atoms with van der Waals surface area (Å²) >= 11 is 3.10. The zero-order chi connectivity index (χ0) is 13.3. The van der Waals surface area contributed by atoms with Gasteiger partial charge in [0.15, 0.2) is 5.54 Å². The van der Waals surface area contributed by atoms with Crippen molar-refractivity contribution in [3.8, 4) is 0 Å². The molecule has 1 aromatic carbocycles. The van der Waals surface area contributed by atoms with Crippen molar-refractivity contribution in [2.24, 2.45) is 0 Å². The number of hydrogen-bond acceptors (Lipinski definition) is 1. The number of benzene rings is 1. The lowest BCUT2D eigenvalue weighted by molar-refractivity contribution is -0.192. The van der Waals surface area contributed by atoms with Crippen LogP contribution in [0.25, 0.3) is 0 Å². The molecule has 0 aliphatic carbocycles. The second-order valence-electron chi connectivity index (χ2n) is 3.56. The van der Waals surface area contributed by atoms with Crippen LogP contribution in [0.4, 0.5) is 18.0 Å². The predicted octanol–water partition coefficient (Wildman–Crippen LogP) is 3.49. The Morgan fingerprint density at radius 1 is 1.29 bits per heavy atom. The normalized spacial score (nSPS) is 15.1. The quantitative estimate of drug-likeness (QED) is 0.878. The van der Waals surface area contributed by atoms with Gasteiger partial charge in [-0.3, -0.25) is 0 Å². The minimum atomic E-state index is -4.72. The standard InChI is InChI=1S/C10H9BrF3NO2/c1-9(10(12,13)14,15-8(16)17)6-2-4-7(11)5-3-6/h2-5,15H,1H3,(H,16,17)/t9-/m1/s1. The first kappa shape index (κ1) is 13.8. The Kier molecular flexibility index (Phi) is 3.71. The molecular weight excluding hydrogens is 303 g/mol. The van der Waals surface area contributed by atoms with E-state index in [0.717, 1.165) is 6.92 Å². The highest BCUT2D eigenvalue weighted by atomic mass is 79.9. The largest absolute Gasteiger partial charge is 0.465 e. The molecule has 0 spiro atoms. The summed E-state index contributed by atoms with van der Waals surface area (Å²) in [7, 11) is 0. The number of carbonyl (C=O) groups is 1. The average Bonchev–Trinajstić information content (AvgIpc) is 2.15. The zero-order valence-corrected chi connectivity index (χ0v) is 10.3. The van der Waals surface area contributed by atoms with E-state index in [-0.39, 0.29) is 5.56 Å². The molecule has 1 aromatic rings. The fraction of sp³-hybridized carbons (Fsp3) is 0.300. The molecule has 0 saturated carbocycles. The van der Waals surface area contributed by atoms with Crippen molar-refractivity contribution in [1.29, 1.82) is 0 Å². The van der Waals surface area contributed by atoms with E-state index in [9.17, 15) is 18.0 Å². The molecule has 0 unspecified atom stereocenters. The lowest BCUT2D eigenvalue weighted by Crippen LogP contribution is -2.53. The summed E-state index contributed by atoms with van der Waals surface area (Å²) in [6, 6.07) is 5.27. The van der Waals surface area contributed by atoms with Gasteiger partial charge < -0.3 is 10.4 Å². The van der Waals surface area contributed by atoms with Crippen LogP contribution in [-0.2, 0) is 5.54 Å². The van der Waals surface area contributed by atoms with Crippen LogP contribution < -0.4 is 5.32 Å². The highest BCUT2D eigenvalue weighted by molar-refractivity contribution is 9.10. The number of alkyl halides is 3. The predicted molar refractivity (Wildman–Crippen MR) is 58.7 cm³/mol. The topological polar surface area (TPSA) is 49.3 Å². The summed E-state index contributed by atoms with van der Waals surface area (Å²) < 4.78 is 39.4. The van der Waals surface area contributed by atoms with Gasteiger partial charge in [-0.15, -0.1) is 0 Å². The van der Waals surface area contributed by atoms with Crippen LogP contribution in [-0.4, -0.2) is 17.4 Å². The monoisotopic (exact) mass is 311 g/mol. The van der Waals surface area contributed by atoms with Crippen LogP contribution in [0.3, 0.4) is 0 Å². The Balaban J connectivity index is 3.24. The summed E-state index contributed by atoms with van der Waals surface area (Å²) in [6.45, 7) is 0.782. The smallest absolute Gasteiger partial charge is 0.415 e. The van der Waals surface area contributed by atoms with Gasteiger partial charge in [0.1, 0.15) is 0 Å². The molecule has 0 bridgehead atoms. The van der Waals surface area contributed by atoms with E-state index in [1.807, 2.05) is 0 Å². The second kappa shape index (κ2) is 4.56. The zero-order valence-electron chi connectivity index (χ0n) is 8.68. The van der Waals surface area contributed by atoms with Gasteiger partial charge in [-0.25, -0.2) is 4.79 Å². The molecule has 94 valence electrons. The van der Waals surface area contributed by atoms with Gasteiger partial charge in [-0.1, -0.05) is 28.1 Å². The maximum absolute atomic E-state index is 12.9. The molecule has 1 atom stereocenters. The van der Waals surface area contributed by atoms with Crippen molar-refractivity contribution in [2.45, 2.75) is 18.6 Å². The molecule has 3 nitrogen and oxygen atoms in total. The summed E-state index contributed by atoms with van der Waals surface area (Å²) in [5.41, 5.74) is -2.80. The van der Waals surface area contributed by atoms with E-state index in [1.54, 1.807) is 0 Å². The number of hydrogen-bond donors (Lipinski definition) is 2. The third kappa shape index (κ3) is 2.91. The number of amides is 1. The Morgan fingerprint density at radius 2 is 1.76 bits per heavy atom. The maximum atomic E-state index is 12.9. The van der Waals surface area contributed by atoms with Crippen molar-refractivity contribution in [2.75, 3.05) is 0 Å². The van der Waals surface area contributed by atoms with Gasteiger partial charge in [0.25, 0.3) is 0 Å². The van der Waals surface area contributed by atoms with Crippen LogP contribution in [0.2, 0.25) is 0 Å². The van der Waals surface area contributed by atoms with E-state index in [4.69, 9.17) is 5.11 Å². The number of rotatable bonds is 2. The molecule has 0 aliphatic heterocycles. The summed E-state index contributed by atoms with van der Waals surface area (Å²) in [5.74, 6) is 0. The highest BCUT2D eigenvalue weighted by Crippen LogP contribution is 2.38. The van der Waals surface area contributed by atoms with Gasteiger partial charge >= 0.3 is 12.3 Å². The van der Waals surface area contributed by atoms with Crippen LogP contribution in [0.1, 0.15) is 12.5 Å². The van der Waals surface area contributed by atoms with Crippen molar-refractivity contribution in [1.82, 2.24) is 5.32 Å². The van der Waals surface area contributed by atoms with Crippen molar-refractivity contribution in [3.63, 3.8) is 0 Å². The van der Waals surface area contributed by atoms with E-state index in [2.05, 4.69) is 15.9 Å². The Hall–Kier alpha value is -1.24. The molecule has 0 aliphatic rings. The molecule has 0 saturated heterocycles. The minimum Gasteiger partial charge on any atom is -0.465 e. The molecule has 0 heterocycles. The van der Waals surface area contributed by atoms with E-state index in [1.165, 1.54) is 29.6 Å². The molecule has 0 radical (unpaired) electrons. The van der Waals surface area contributed by atoms with Gasteiger partial charge in [0.2, 0.25) is 0 Å². The summed E-state index contributed by atoms with van der Waals surface area (Å²) in [4.78, 5) is 10.5. The Labute approximate surface area is 104 Å². The first-order chi connectivity index (χ1) is 7.67. The molecule has 7 heteroatoms. The average molecular weight is 312 g/mol. The highest BCUT2D eigenvalue weighted by Gasteiger charge is 2.53. The molecule has 17 heavy (non-hydrogen) atoms. The van der Waals surface area contributed by atoms with Crippen molar-refractivity contribution < 1.29 is 23.1 Å². The first-order valence-electron chi connectivity index (χ1n) is 4.51. The number of nitrogens with one attached hydrogen (secondary N) is 1. The van der Waals surface area contributed by atoms with Crippen LogP contribution in [0.5, 0.6) is 0 Å². The third-order valence-corrected chi connectivity index (χ3v) is 2.87. The van der Waals surface area contributed by atoms with E-state index < -0.39 is 17.8 Å². The molecule has 1 rings (SSSR count). The Bertz CT molecular complexity index is 419. The van der Waals surface area contributed by atoms with Crippen LogP contribution >= 0.6 is 15.9 Å². The van der Waals surface area contributed by atoms with Crippen molar-refractivity contribution in [3.05, 3.63) is 34.3 Å². The first-order valence-corrected chi connectivity index (χ1v) is 5.30. The summed E-state index contributed by atoms with van der Waals surface area (Å²) in [6.07, 6.45) is -6.45. The number of halogens is 4. The van der Waals surface area contributed by atoms with E-state index in [0.29, 0.717) is 4.47 Å². The van der Waals surface area contributed by atoms with Crippen LogP contribution in [0.15, 0.2) is 28.7 Å². The van der Waals surface area contributed by atoms with Crippen LogP contribution in [0, 0.1) is 0 Å². The lowest BCUT2D eigenvalue weighted by atomic mass is 9.91. The Morgan fingerprint density at radius 3 is 2.12 bits per heavy atom. The fourth-order valence-electron chi connectivity index (χ4n) is 1.30. The van der Waals surface area contributed by atoms with Crippen molar-refractivity contribution >= 4 is 22.0 Å². The second-order valence-corrected chi connectivity index (χ2v) is 4.48. The minimum absolute atomic E-state index is 0.171. The fourth-order valence-corrected chi connectivity index (χ4v) is 1.57. The SMILES string of the molecule is C[C@@](NC(=O)O)(c1ccc(Br)cc1)C(F)(F)F. The van der Waals surface area contributed by atoms with Gasteiger partial charge in [0, 0.05) is 4.47 Å². The van der Waals surface area contributed by atoms with Gasteiger partial charge in [0.05, 0.1) is 0 Å². The molecule has 1 amide bonds. The molecular formula is C10H9BrF3NO2. The summed E-state index contributed by atoms with van der Waals surface area (Å²) in [5, 5.41) is 10.0. The van der Waals surface area contributed by atoms with Gasteiger partial charge in [-0.05, 0) is 24.6 Å². The molecule has 0 aromatic heterocycles.